The lowest BCUT2D eigenvalue weighted by Crippen LogP contribution is -2.40. The van der Waals surface area contributed by atoms with Crippen LogP contribution >= 0.6 is 0 Å². The summed E-state index contributed by atoms with van der Waals surface area (Å²) in [7, 11) is 1.98. The second-order valence-corrected chi connectivity index (χ2v) is 4.67. The normalized spacial score (nSPS) is 13.8. The minimum Gasteiger partial charge on any atom is -0.374 e. The molecule has 0 spiro atoms. The lowest BCUT2D eigenvalue weighted by Gasteiger charge is -2.34. The molecule has 16 heavy (non-hydrogen) atoms. The van der Waals surface area contributed by atoms with Gasteiger partial charge in [0.25, 0.3) is 0 Å². The topological polar surface area (TPSA) is 21.3 Å². The number of hydrogen-bond acceptors (Lipinski definition) is 2. The van der Waals surface area contributed by atoms with Crippen LogP contribution in [0.3, 0.4) is 0 Å². The lowest BCUT2D eigenvalue weighted by atomic mass is 9.91. The van der Waals surface area contributed by atoms with Gasteiger partial charge in [-0.25, -0.2) is 0 Å². The predicted molar refractivity (Wildman–Crippen MR) is 68.7 cm³/mol. The molecule has 1 aromatic rings. The smallest absolute Gasteiger partial charge is 0.0820 e. The fourth-order valence-corrected chi connectivity index (χ4v) is 2.22. The number of aryl methyl sites for hydroxylation is 1. The molecule has 0 heterocycles. The van der Waals surface area contributed by atoms with Gasteiger partial charge in [-0.1, -0.05) is 29.8 Å². The van der Waals surface area contributed by atoms with Gasteiger partial charge in [-0.3, -0.25) is 0 Å². The first-order chi connectivity index (χ1) is 7.51. The molecule has 0 saturated heterocycles. The number of ether oxygens (including phenoxy) is 1. The molecule has 0 bridgehead atoms. The van der Waals surface area contributed by atoms with E-state index in [-0.39, 0.29) is 11.6 Å². The molecule has 1 N–H and O–H groups in total. The van der Waals surface area contributed by atoms with Crippen LogP contribution in [-0.4, -0.2) is 19.3 Å². The van der Waals surface area contributed by atoms with E-state index in [9.17, 15) is 0 Å². The highest BCUT2D eigenvalue weighted by Gasteiger charge is 2.30. The molecule has 0 aromatic heterocycles. The molecule has 1 unspecified atom stereocenters. The van der Waals surface area contributed by atoms with Crippen molar-refractivity contribution in [1.82, 2.24) is 5.32 Å². The molecule has 0 fully saturated rings. The molecule has 0 aliphatic heterocycles. The van der Waals surface area contributed by atoms with Crippen molar-refractivity contribution in [3.8, 4) is 0 Å². The SMILES string of the molecule is CCOC(C)(C)C(NC)c1cccc(C)c1. The maximum atomic E-state index is 5.81. The summed E-state index contributed by atoms with van der Waals surface area (Å²) in [6, 6.07) is 8.78. The molecule has 0 radical (unpaired) electrons. The molecule has 2 nitrogen and oxygen atoms in total. The van der Waals surface area contributed by atoms with Gasteiger partial charge < -0.3 is 10.1 Å². The third kappa shape index (κ3) is 3.06. The summed E-state index contributed by atoms with van der Waals surface area (Å²) in [5.41, 5.74) is 2.36. The first-order valence-corrected chi connectivity index (χ1v) is 5.89. The van der Waals surface area contributed by atoms with E-state index in [4.69, 9.17) is 4.74 Å². The zero-order valence-corrected chi connectivity index (χ0v) is 11.0. The summed E-state index contributed by atoms with van der Waals surface area (Å²) in [5, 5.41) is 3.35. The van der Waals surface area contributed by atoms with Gasteiger partial charge in [-0.05, 0) is 40.3 Å². The van der Waals surface area contributed by atoms with Gasteiger partial charge >= 0.3 is 0 Å². The van der Waals surface area contributed by atoms with Gasteiger partial charge in [0.1, 0.15) is 0 Å². The van der Waals surface area contributed by atoms with Crippen molar-refractivity contribution in [2.75, 3.05) is 13.7 Å². The van der Waals surface area contributed by atoms with Gasteiger partial charge in [0, 0.05) is 6.61 Å². The molecule has 0 saturated carbocycles. The van der Waals surface area contributed by atoms with Gasteiger partial charge in [-0.2, -0.15) is 0 Å². The van der Waals surface area contributed by atoms with Crippen molar-refractivity contribution >= 4 is 0 Å². The number of likely N-dealkylation sites (N-methyl/N-ethyl adjacent to an activating group) is 1. The first kappa shape index (κ1) is 13.2. The Morgan fingerprint density at radius 3 is 2.56 bits per heavy atom. The standard InChI is InChI=1S/C14H23NO/c1-6-16-14(3,4)13(15-5)12-9-7-8-11(2)10-12/h7-10,13,15H,6H2,1-5H3. The van der Waals surface area contributed by atoms with Crippen LogP contribution in [0.4, 0.5) is 0 Å². The van der Waals surface area contributed by atoms with Crippen molar-refractivity contribution in [1.29, 1.82) is 0 Å². The molecular formula is C14H23NO. The van der Waals surface area contributed by atoms with Gasteiger partial charge in [-0.15, -0.1) is 0 Å². The van der Waals surface area contributed by atoms with Crippen LogP contribution in [0.5, 0.6) is 0 Å². The summed E-state index contributed by atoms with van der Waals surface area (Å²) in [6.07, 6.45) is 0. The predicted octanol–water partition coefficient (Wildman–Crippen LogP) is 3.07. The fourth-order valence-electron chi connectivity index (χ4n) is 2.22. The molecule has 90 valence electrons. The summed E-state index contributed by atoms with van der Waals surface area (Å²) >= 11 is 0. The van der Waals surface area contributed by atoms with Crippen LogP contribution < -0.4 is 5.32 Å². The summed E-state index contributed by atoms with van der Waals surface area (Å²) in [5.74, 6) is 0. The van der Waals surface area contributed by atoms with E-state index in [1.54, 1.807) is 0 Å². The van der Waals surface area contributed by atoms with Crippen molar-refractivity contribution in [3.05, 3.63) is 35.4 Å². The Bertz CT molecular complexity index is 333. The number of hydrogen-bond donors (Lipinski definition) is 1. The molecule has 2 heteroatoms. The molecule has 0 amide bonds. The third-order valence-electron chi connectivity index (χ3n) is 2.88. The quantitative estimate of drug-likeness (QED) is 0.825. The van der Waals surface area contributed by atoms with Crippen molar-refractivity contribution in [2.45, 2.75) is 39.3 Å². The first-order valence-electron chi connectivity index (χ1n) is 5.89. The zero-order chi connectivity index (χ0) is 12.2. The van der Waals surface area contributed by atoms with E-state index in [2.05, 4.69) is 50.4 Å². The average molecular weight is 221 g/mol. The third-order valence-corrected chi connectivity index (χ3v) is 2.88. The van der Waals surface area contributed by atoms with E-state index in [0.29, 0.717) is 0 Å². The molecule has 1 rings (SSSR count). The lowest BCUT2D eigenvalue weighted by molar-refractivity contribution is -0.0374. The van der Waals surface area contributed by atoms with Crippen LogP contribution in [0.1, 0.15) is 37.9 Å². The van der Waals surface area contributed by atoms with E-state index in [0.717, 1.165) is 6.61 Å². The Kier molecular flexibility index (Phi) is 4.51. The number of benzene rings is 1. The minimum atomic E-state index is -0.197. The largest absolute Gasteiger partial charge is 0.374 e. The highest BCUT2D eigenvalue weighted by atomic mass is 16.5. The van der Waals surface area contributed by atoms with Crippen LogP contribution in [-0.2, 0) is 4.74 Å². The molecule has 0 aliphatic rings. The Hall–Kier alpha value is -0.860. The Balaban J connectivity index is 2.98. The van der Waals surface area contributed by atoms with Crippen LogP contribution in [0.25, 0.3) is 0 Å². The summed E-state index contributed by atoms with van der Waals surface area (Å²) in [4.78, 5) is 0. The Morgan fingerprint density at radius 2 is 2.06 bits per heavy atom. The van der Waals surface area contributed by atoms with E-state index < -0.39 is 0 Å². The molecule has 0 aliphatic carbocycles. The second-order valence-electron chi connectivity index (χ2n) is 4.67. The van der Waals surface area contributed by atoms with E-state index in [1.165, 1.54) is 11.1 Å². The van der Waals surface area contributed by atoms with Crippen molar-refractivity contribution < 1.29 is 4.74 Å². The van der Waals surface area contributed by atoms with E-state index >= 15 is 0 Å². The molecular weight excluding hydrogens is 198 g/mol. The van der Waals surface area contributed by atoms with Crippen molar-refractivity contribution in [3.63, 3.8) is 0 Å². The van der Waals surface area contributed by atoms with Crippen LogP contribution in [0.2, 0.25) is 0 Å². The number of rotatable bonds is 5. The summed E-state index contributed by atoms with van der Waals surface area (Å²) < 4.78 is 5.81. The highest BCUT2D eigenvalue weighted by molar-refractivity contribution is 5.26. The van der Waals surface area contributed by atoms with Crippen molar-refractivity contribution in [2.24, 2.45) is 0 Å². The van der Waals surface area contributed by atoms with Crippen LogP contribution in [0.15, 0.2) is 24.3 Å². The zero-order valence-electron chi connectivity index (χ0n) is 11.0. The maximum absolute atomic E-state index is 5.81. The van der Waals surface area contributed by atoms with Gasteiger partial charge in [0.05, 0.1) is 11.6 Å². The van der Waals surface area contributed by atoms with E-state index in [1.807, 2.05) is 14.0 Å². The Labute approximate surface area is 99.0 Å². The van der Waals surface area contributed by atoms with Crippen LogP contribution in [0, 0.1) is 6.92 Å². The Morgan fingerprint density at radius 1 is 1.38 bits per heavy atom. The average Bonchev–Trinajstić information content (AvgIpc) is 2.18. The monoisotopic (exact) mass is 221 g/mol. The molecule has 1 atom stereocenters. The van der Waals surface area contributed by atoms with Gasteiger partial charge in [0.2, 0.25) is 0 Å². The minimum absolute atomic E-state index is 0.197. The molecule has 1 aromatic carbocycles. The number of nitrogens with one attached hydrogen (secondary N) is 1. The summed E-state index contributed by atoms with van der Waals surface area (Å²) in [6.45, 7) is 9.13. The fraction of sp³-hybridized carbons (Fsp3) is 0.571. The second kappa shape index (κ2) is 5.46. The van der Waals surface area contributed by atoms with Gasteiger partial charge in [0.15, 0.2) is 0 Å². The maximum Gasteiger partial charge on any atom is 0.0820 e. The highest BCUT2D eigenvalue weighted by Crippen LogP contribution is 2.28.